The highest BCUT2D eigenvalue weighted by Crippen LogP contribution is 2.37. The van der Waals surface area contributed by atoms with Gasteiger partial charge in [0.1, 0.15) is 24.0 Å². The van der Waals surface area contributed by atoms with Crippen molar-refractivity contribution >= 4 is 21.9 Å². The number of aliphatic hydroxyl groups excluding tert-OH is 1. The van der Waals surface area contributed by atoms with E-state index < -0.39 is 41.4 Å². The summed E-state index contributed by atoms with van der Waals surface area (Å²) < 4.78 is 26.6. The van der Waals surface area contributed by atoms with Crippen molar-refractivity contribution in [1.29, 1.82) is 0 Å². The van der Waals surface area contributed by atoms with Gasteiger partial charge in [0.05, 0.1) is 0 Å². The van der Waals surface area contributed by atoms with E-state index in [1.807, 2.05) is 0 Å². The number of carboxylic acids is 1. The first-order chi connectivity index (χ1) is 8.20. The van der Waals surface area contributed by atoms with E-state index in [9.17, 15) is 18.7 Å². The number of nitrogens with two attached hydrogens (primary N) is 1. The summed E-state index contributed by atoms with van der Waals surface area (Å²) >= 11 is 2.94. The van der Waals surface area contributed by atoms with E-state index in [0.29, 0.717) is 0 Å². The average Bonchev–Trinajstić information content (AvgIpc) is 2.30. The van der Waals surface area contributed by atoms with Crippen molar-refractivity contribution < 1.29 is 28.9 Å². The Labute approximate surface area is 109 Å². The van der Waals surface area contributed by atoms with Gasteiger partial charge < -0.3 is 21.1 Å². The number of halogens is 3. The van der Waals surface area contributed by atoms with Crippen LogP contribution in [-0.4, -0.2) is 33.8 Å². The van der Waals surface area contributed by atoms with Crippen LogP contribution in [-0.2, 0) is 0 Å². The quantitative estimate of drug-likeness (QED) is 0.671. The zero-order valence-corrected chi connectivity index (χ0v) is 10.5. The monoisotopic (exact) mass is 325 g/mol. The molecule has 0 fully saturated rings. The van der Waals surface area contributed by atoms with E-state index >= 15 is 0 Å². The Bertz CT molecular complexity index is 481. The minimum atomic E-state index is -3.67. The molecule has 8 heteroatoms. The summed E-state index contributed by atoms with van der Waals surface area (Å²) in [6.45, 7) is -1.51. The molecule has 1 aromatic carbocycles. The number of carbonyl (C=O) groups is 1. The van der Waals surface area contributed by atoms with E-state index in [2.05, 4.69) is 15.9 Å². The number of hydrogen-bond acceptors (Lipinski definition) is 4. The molecule has 0 heterocycles. The number of hydrogen-bond donors (Lipinski definition) is 4. The molecule has 0 spiro atoms. The van der Waals surface area contributed by atoms with E-state index in [-0.39, 0.29) is 4.47 Å². The standard InChI is InChI=1S/C10H10BrF2NO4/c11-4-1-5(8(14)10(12,13)3-15)7(16)6(2-4)9(17)18/h1-2,8,15-16H,3,14H2,(H,17,18)/t8-/m1/s1. The molecule has 1 rings (SSSR count). The van der Waals surface area contributed by atoms with Gasteiger partial charge in [-0.05, 0) is 12.1 Å². The number of alkyl halides is 2. The second-order valence-corrected chi connectivity index (χ2v) is 4.51. The van der Waals surface area contributed by atoms with E-state index in [1.54, 1.807) is 0 Å². The fourth-order valence-electron chi connectivity index (χ4n) is 1.35. The maximum Gasteiger partial charge on any atom is 0.339 e. The first-order valence-corrected chi connectivity index (χ1v) is 5.50. The molecule has 5 nitrogen and oxygen atoms in total. The van der Waals surface area contributed by atoms with Gasteiger partial charge in [0.2, 0.25) is 0 Å². The minimum Gasteiger partial charge on any atom is -0.507 e. The van der Waals surface area contributed by atoms with Crippen molar-refractivity contribution in [2.24, 2.45) is 5.73 Å². The third-order valence-corrected chi connectivity index (χ3v) is 2.79. The number of phenols is 1. The molecule has 1 aromatic rings. The van der Waals surface area contributed by atoms with Gasteiger partial charge in [0.15, 0.2) is 0 Å². The number of rotatable bonds is 4. The highest BCUT2D eigenvalue weighted by atomic mass is 79.9. The van der Waals surface area contributed by atoms with Crippen molar-refractivity contribution in [3.05, 3.63) is 27.7 Å². The highest BCUT2D eigenvalue weighted by molar-refractivity contribution is 9.10. The smallest absolute Gasteiger partial charge is 0.339 e. The lowest BCUT2D eigenvalue weighted by molar-refractivity contribution is -0.0716. The lowest BCUT2D eigenvalue weighted by Gasteiger charge is -2.23. The predicted molar refractivity (Wildman–Crippen MR) is 61.7 cm³/mol. The van der Waals surface area contributed by atoms with Crippen molar-refractivity contribution in [2.45, 2.75) is 12.0 Å². The molecule has 0 amide bonds. The molecule has 0 aliphatic carbocycles. The molecule has 0 unspecified atom stereocenters. The molecule has 0 saturated heterocycles. The summed E-state index contributed by atoms with van der Waals surface area (Å²) in [5.74, 6) is -5.99. The number of carboxylic acid groups (broad SMARTS) is 1. The van der Waals surface area contributed by atoms with Crippen LogP contribution < -0.4 is 5.73 Å². The highest BCUT2D eigenvalue weighted by Gasteiger charge is 2.39. The number of benzene rings is 1. The first kappa shape index (κ1) is 14.8. The fraction of sp³-hybridized carbons (Fsp3) is 0.300. The maximum absolute atomic E-state index is 13.2. The Kier molecular flexibility index (Phi) is 4.25. The number of aliphatic hydroxyl groups is 1. The van der Waals surface area contributed by atoms with Gasteiger partial charge in [0, 0.05) is 10.0 Å². The van der Waals surface area contributed by atoms with Crippen LogP contribution in [0.2, 0.25) is 0 Å². The summed E-state index contributed by atoms with van der Waals surface area (Å²) in [5, 5.41) is 26.9. The van der Waals surface area contributed by atoms with Crippen molar-refractivity contribution in [3.8, 4) is 5.75 Å². The molecule has 0 aromatic heterocycles. The molecule has 100 valence electrons. The molecule has 18 heavy (non-hydrogen) atoms. The Morgan fingerprint density at radius 1 is 1.50 bits per heavy atom. The molecule has 0 aliphatic rings. The second kappa shape index (κ2) is 5.17. The summed E-state index contributed by atoms with van der Waals surface area (Å²) in [6.07, 6.45) is 0. The molecule has 0 aliphatic heterocycles. The number of aromatic carboxylic acids is 1. The Morgan fingerprint density at radius 3 is 2.50 bits per heavy atom. The van der Waals surface area contributed by atoms with Gasteiger partial charge in [-0.15, -0.1) is 0 Å². The topological polar surface area (TPSA) is 104 Å². The van der Waals surface area contributed by atoms with Gasteiger partial charge in [0.25, 0.3) is 5.92 Å². The van der Waals surface area contributed by atoms with Crippen LogP contribution in [0.5, 0.6) is 5.75 Å². The molecule has 5 N–H and O–H groups in total. The molecular formula is C10H10BrF2NO4. The van der Waals surface area contributed by atoms with E-state index in [0.717, 1.165) is 12.1 Å². The van der Waals surface area contributed by atoms with Crippen molar-refractivity contribution in [3.63, 3.8) is 0 Å². The van der Waals surface area contributed by atoms with Crippen LogP contribution in [0.3, 0.4) is 0 Å². The van der Waals surface area contributed by atoms with E-state index in [1.165, 1.54) is 0 Å². The summed E-state index contributed by atoms with van der Waals surface area (Å²) in [7, 11) is 0. The molecule has 0 bridgehead atoms. The lowest BCUT2D eigenvalue weighted by atomic mass is 9.98. The maximum atomic E-state index is 13.2. The predicted octanol–water partition coefficient (Wildman–Crippen LogP) is 1.48. The second-order valence-electron chi connectivity index (χ2n) is 3.59. The van der Waals surface area contributed by atoms with Crippen LogP contribution in [0.4, 0.5) is 8.78 Å². The van der Waals surface area contributed by atoms with Gasteiger partial charge in [-0.3, -0.25) is 0 Å². The fourth-order valence-corrected chi connectivity index (χ4v) is 1.82. The van der Waals surface area contributed by atoms with Crippen LogP contribution in [0.25, 0.3) is 0 Å². The molecular weight excluding hydrogens is 316 g/mol. The van der Waals surface area contributed by atoms with Crippen LogP contribution >= 0.6 is 15.9 Å². The Balaban J connectivity index is 3.37. The summed E-state index contributed by atoms with van der Waals surface area (Å²) in [5.41, 5.74) is 4.23. The number of aromatic hydroxyl groups is 1. The average molecular weight is 326 g/mol. The third kappa shape index (κ3) is 2.77. The van der Waals surface area contributed by atoms with Gasteiger partial charge in [-0.2, -0.15) is 0 Å². The third-order valence-electron chi connectivity index (χ3n) is 2.34. The van der Waals surface area contributed by atoms with Crippen molar-refractivity contribution in [1.82, 2.24) is 0 Å². The van der Waals surface area contributed by atoms with Crippen LogP contribution in [0.15, 0.2) is 16.6 Å². The summed E-state index contributed by atoms with van der Waals surface area (Å²) in [4.78, 5) is 10.8. The Morgan fingerprint density at radius 2 is 2.06 bits per heavy atom. The molecule has 0 radical (unpaired) electrons. The lowest BCUT2D eigenvalue weighted by Crippen LogP contribution is -2.36. The van der Waals surface area contributed by atoms with Gasteiger partial charge in [-0.25, -0.2) is 13.6 Å². The van der Waals surface area contributed by atoms with Crippen LogP contribution in [0, 0.1) is 0 Å². The zero-order valence-electron chi connectivity index (χ0n) is 8.90. The van der Waals surface area contributed by atoms with Crippen LogP contribution in [0.1, 0.15) is 22.0 Å². The van der Waals surface area contributed by atoms with Crippen molar-refractivity contribution in [2.75, 3.05) is 6.61 Å². The Hall–Kier alpha value is -1.25. The van der Waals surface area contributed by atoms with E-state index in [4.69, 9.17) is 15.9 Å². The largest absolute Gasteiger partial charge is 0.507 e. The van der Waals surface area contributed by atoms with Gasteiger partial charge >= 0.3 is 5.97 Å². The normalized spacial score (nSPS) is 13.4. The molecule has 1 atom stereocenters. The summed E-state index contributed by atoms with van der Waals surface area (Å²) in [6, 6.07) is 0.124. The SMILES string of the molecule is N[C@H](c1cc(Br)cc(C(=O)O)c1O)C(F)(F)CO. The first-order valence-electron chi connectivity index (χ1n) is 4.70. The minimum absolute atomic E-state index is 0.178. The zero-order chi connectivity index (χ0) is 14.1. The molecule has 0 saturated carbocycles. The van der Waals surface area contributed by atoms with Gasteiger partial charge in [-0.1, -0.05) is 15.9 Å².